The van der Waals surface area contributed by atoms with Crippen LogP contribution in [0.25, 0.3) is 0 Å². The standard InChI is InChI=1S/C21H19Cl2NOS/c1-13-7-9-16(10-8-13)26-19-6-4-3-5-15(19)12-24-18-11-17(22)14(2)20(23)21(18)25/h3-11,24-25H,12H2,1-2H3. The number of aryl methyl sites for hydroxylation is 1. The van der Waals surface area contributed by atoms with Crippen LogP contribution >= 0.6 is 35.0 Å². The van der Waals surface area contributed by atoms with Crippen molar-refractivity contribution in [3.8, 4) is 5.75 Å². The number of benzene rings is 3. The molecule has 3 aromatic rings. The number of halogens is 2. The molecule has 134 valence electrons. The van der Waals surface area contributed by atoms with Gasteiger partial charge in [-0.25, -0.2) is 0 Å². The third-order valence-corrected chi connectivity index (χ3v) is 6.09. The van der Waals surface area contributed by atoms with Gasteiger partial charge in [-0.1, -0.05) is 70.9 Å². The topological polar surface area (TPSA) is 32.3 Å². The molecule has 0 aromatic heterocycles. The van der Waals surface area contributed by atoms with Crippen molar-refractivity contribution in [2.24, 2.45) is 0 Å². The van der Waals surface area contributed by atoms with Gasteiger partial charge in [0.25, 0.3) is 0 Å². The first-order valence-electron chi connectivity index (χ1n) is 8.19. The molecule has 0 aliphatic rings. The average molecular weight is 404 g/mol. The van der Waals surface area contributed by atoms with E-state index < -0.39 is 0 Å². The summed E-state index contributed by atoms with van der Waals surface area (Å²) in [7, 11) is 0. The van der Waals surface area contributed by atoms with Crippen LogP contribution in [-0.4, -0.2) is 5.11 Å². The first-order chi connectivity index (χ1) is 12.5. The molecule has 5 heteroatoms. The van der Waals surface area contributed by atoms with Crippen molar-refractivity contribution in [3.05, 3.63) is 81.3 Å². The van der Waals surface area contributed by atoms with E-state index in [1.165, 1.54) is 10.5 Å². The number of anilines is 1. The largest absolute Gasteiger partial charge is 0.504 e. The zero-order chi connectivity index (χ0) is 18.7. The highest BCUT2D eigenvalue weighted by molar-refractivity contribution is 7.99. The Morgan fingerprint density at radius 3 is 2.42 bits per heavy atom. The maximum atomic E-state index is 10.3. The fraction of sp³-hybridized carbons (Fsp3) is 0.143. The van der Waals surface area contributed by atoms with Gasteiger partial charge >= 0.3 is 0 Å². The van der Waals surface area contributed by atoms with Gasteiger partial charge in [0.2, 0.25) is 0 Å². The van der Waals surface area contributed by atoms with Gasteiger partial charge in [0, 0.05) is 21.4 Å². The molecule has 0 aliphatic heterocycles. The lowest BCUT2D eigenvalue weighted by molar-refractivity contribution is 0.477. The maximum Gasteiger partial charge on any atom is 0.157 e. The monoisotopic (exact) mass is 403 g/mol. The minimum atomic E-state index is 0.0252. The van der Waals surface area contributed by atoms with E-state index in [1.54, 1.807) is 24.8 Å². The molecule has 0 bridgehead atoms. The number of phenols is 1. The lowest BCUT2D eigenvalue weighted by Crippen LogP contribution is -2.02. The van der Waals surface area contributed by atoms with Crippen molar-refractivity contribution in [3.63, 3.8) is 0 Å². The SMILES string of the molecule is Cc1ccc(Sc2ccccc2CNc2cc(Cl)c(C)c(Cl)c2O)cc1. The Labute approximate surface area is 168 Å². The maximum absolute atomic E-state index is 10.3. The molecule has 0 amide bonds. The predicted molar refractivity (Wildman–Crippen MR) is 112 cm³/mol. The van der Waals surface area contributed by atoms with Crippen LogP contribution in [-0.2, 0) is 6.54 Å². The molecule has 0 radical (unpaired) electrons. The Balaban J connectivity index is 1.80. The molecule has 0 aliphatic carbocycles. The van der Waals surface area contributed by atoms with Crippen LogP contribution in [0.5, 0.6) is 5.75 Å². The normalized spacial score (nSPS) is 10.8. The van der Waals surface area contributed by atoms with Gasteiger partial charge in [-0.15, -0.1) is 0 Å². The van der Waals surface area contributed by atoms with Crippen molar-refractivity contribution in [1.82, 2.24) is 0 Å². The zero-order valence-electron chi connectivity index (χ0n) is 14.5. The van der Waals surface area contributed by atoms with Gasteiger partial charge in [0.05, 0.1) is 10.7 Å². The van der Waals surface area contributed by atoms with Crippen LogP contribution in [0.1, 0.15) is 16.7 Å². The Kier molecular flexibility index (Phi) is 6.02. The molecule has 0 saturated carbocycles. The summed E-state index contributed by atoms with van der Waals surface area (Å²) in [6.45, 7) is 4.41. The highest BCUT2D eigenvalue weighted by atomic mass is 35.5. The smallest absolute Gasteiger partial charge is 0.157 e. The summed E-state index contributed by atoms with van der Waals surface area (Å²) in [5, 5.41) is 14.3. The van der Waals surface area contributed by atoms with Gasteiger partial charge in [-0.05, 0) is 49.2 Å². The van der Waals surface area contributed by atoms with Crippen molar-refractivity contribution in [1.29, 1.82) is 0 Å². The molecule has 2 nitrogen and oxygen atoms in total. The van der Waals surface area contributed by atoms with Gasteiger partial charge in [-0.3, -0.25) is 0 Å². The summed E-state index contributed by atoms with van der Waals surface area (Å²) in [5.74, 6) is 0.0252. The Morgan fingerprint density at radius 1 is 1.00 bits per heavy atom. The van der Waals surface area contributed by atoms with Crippen LogP contribution in [0, 0.1) is 13.8 Å². The average Bonchev–Trinajstić information content (AvgIpc) is 2.65. The lowest BCUT2D eigenvalue weighted by atomic mass is 10.2. The van der Waals surface area contributed by atoms with Crippen LogP contribution in [0.3, 0.4) is 0 Å². The van der Waals surface area contributed by atoms with E-state index in [0.717, 1.165) is 10.5 Å². The molecule has 0 unspecified atom stereocenters. The van der Waals surface area contributed by atoms with Gasteiger partial charge in [0.15, 0.2) is 5.75 Å². The number of phenolic OH excluding ortho intramolecular Hbond substituents is 1. The van der Waals surface area contributed by atoms with Gasteiger partial charge in [-0.2, -0.15) is 0 Å². The van der Waals surface area contributed by atoms with Crippen molar-refractivity contribution < 1.29 is 5.11 Å². The lowest BCUT2D eigenvalue weighted by Gasteiger charge is -2.14. The summed E-state index contributed by atoms with van der Waals surface area (Å²) in [4.78, 5) is 2.35. The minimum absolute atomic E-state index is 0.0252. The fourth-order valence-electron chi connectivity index (χ4n) is 2.51. The molecule has 2 N–H and O–H groups in total. The van der Waals surface area contributed by atoms with Crippen molar-refractivity contribution >= 4 is 40.7 Å². The van der Waals surface area contributed by atoms with Crippen molar-refractivity contribution in [2.75, 3.05) is 5.32 Å². The second-order valence-electron chi connectivity index (χ2n) is 6.07. The molecule has 0 heterocycles. The molecule has 0 atom stereocenters. The molecule has 0 saturated heterocycles. The predicted octanol–water partition coefficient (Wildman–Crippen LogP) is 7.08. The molecule has 0 fully saturated rings. The summed E-state index contributed by atoms with van der Waals surface area (Å²) in [5.41, 5.74) is 3.57. The number of hydrogen-bond donors (Lipinski definition) is 2. The summed E-state index contributed by atoms with van der Waals surface area (Å²) in [6, 6.07) is 18.4. The van der Waals surface area contributed by atoms with E-state index in [1.807, 2.05) is 12.1 Å². The Bertz CT molecular complexity index is 926. The highest BCUT2D eigenvalue weighted by Gasteiger charge is 2.13. The molecular weight excluding hydrogens is 385 g/mol. The molecule has 3 rings (SSSR count). The van der Waals surface area contributed by atoms with Crippen LogP contribution in [0.4, 0.5) is 5.69 Å². The minimum Gasteiger partial charge on any atom is -0.504 e. The molecule has 3 aromatic carbocycles. The Hall–Kier alpha value is -1.81. The van der Waals surface area contributed by atoms with E-state index in [0.29, 0.717) is 22.8 Å². The van der Waals surface area contributed by atoms with E-state index >= 15 is 0 Å². The van der Waals surface area contributed by atoms with E-state index in [-0.39, 0.29) is 10.8 Å². The second kappa shape index (κ2) is 8.26. The highest BCUT2D eigenvalue weighted by Crippen LogP contribution is 2.39. The van der Waals surface area contributed by atoms with Crippen LogP contribution in [0.15, 0.2) is 64.4 Å². The summed E-state index contributed by atoms with van der Waals surface area (Å²) >= 11 is 14.0. The number of nitrogens with one attached hydrogen (secondary N) is 1. The fourth-order valence-corrected chi connectivity index (χ4v) is 3.91. The van der Waals surface area contributed by atoms with Gasteiger partial charge < -0.3 is 10.4 Å². The first kappa shape index (κ1) is 19.0. The van der Waals surface area contributed by atoms with E-state index in [4.69, 9.17) is 23.2 Å². The number of aromatic hydroxyl groups is 1. The molecule has 26 heavy (non-hydrogen) atoms. The third kappa shape index (κ3) is 4.29. The first-order valence-corrected chi connectivity index (χ1v) is 9.77. The quantitative estimate of drug-likeness (QED) is 0.446. The third-order valence-electron chi connectivity index (χ3n) is 4.11. The second-order valence-corrected chi connectivity index (χ2v) is 7.97. The molecular formula is C21H19Cl2NOS. The van der Waals surface area contributed by atoms with E-state index in [9.17, 15) is 5.11 Å². The van der Waals surface area contributed by atoms with Crippen LogP contribution in [0.2, 0.25) is 10.0 Å². The summed E-state index contributed by atoms with van der Waals surface area (Å²) < 4.78 is 0. The zero-order valence-corrected chi connectivity index (χ0v) is 16.8. The number of rotatable bonds is 5. The molecule has 0 spiro atoms. The van der Waals surface area contributed by atoms with Crippen molar-refractivity contribution in [2.45, 2.75) is 30.2 Å². The van der Waals surface area contributed by atoms with Crippen LogP contribution < -0.4 is 5.32 Å². The van der Waals surface area contributed by atoms with Gasteiger partial charge in [0.1, 0.15) is 0 Å². The van der Waals surface area contributed by atoms with E-state index in [2.05, 4.69) is 48.6 Å². The Morgan fingerprint density at radius 2 is 1.69 bits per heavy atom. The summed E-state index contributed by atoms with van der Waals surface area (Å²) in [6.07, 6.45) is 0. The number of hydrogen-bond acceptors (Lipinski definition) is 3.